The molecule has 104 valence electrons. The lowest BCUT2D eigenvalue weighted by Crippen LogP contribution is -2.20. The normalized spacial score (nSPS) is 10.9. The van der Waals surface area contributed by atoms with Crippen LogP contribution in [0.5, 0.6) is 0 Å². The lowest BCUT2D eigenvalue weighted by molar-refractivity contribution is -0.116. The standard InChI is InChI=1S/C16H17NO2S/c1-12-7-8-20-15(12)5-6-16(19)17-10-13-3-2-4-14(9-13)11-18/h2-9,18H,10-11H2,1H3,(H,17,19). The van der Waals surface area contributed by atoms with Gasteiger partial charge in [0.2, 0.25) is 5.91 Å². The zero-order valence-electron chi connectivity index (χ0n) is 11.3. The van der Waals surface area contributed by atoms with Crippen molar-refractivity contribution in [2.24, 2.45) is 0 Å². The molecule has 0 aliphatic carbocycles. The highest BCUT2D eigenvalue weighted by Gasteiger charge is 1.99. The maximum Gasteiger partial charge on any atom is 0.244 e. The predicted molar refractivity (Wildman–Crippen MR) is 82.3 cm³/mol. The minimum absolute atomic E-state index is 0.0132. The van der Waals surface area contributed by atoms with Gasteiger partial charge in [0.05, 0.1) is 6.61 Å². The fraction of sp³-hybridized carbons (Fsp3) is 0.188. The number of benzene rings is 1. The van der Waals surface area contributed by atoms with Gasteiger partial charge in [0.25, 0.3) is 0 Å². The molecule has 0 aliphatic rings. The molecule has 2 aromatic rings. The van der Waals surface area contributed by atoms with Crippen molar-refractivity contribution in [3.05, 3.63) is 63.4 Å². The van der Waals surface area contributed by atoms with Crippen molar-refractivity contribution in [3.8, 4) is 0 Å². The topological polar surface area (TPSA) is 49.3 Å². The molecule has 0 spiro atoms. The highest BCUT2D eigenvalue weighted by atomic mass is 32.1. The number of thiophene rings is 1. The first-order chi connectivity index (χ1) is 9.69. The van der Waals surface area contributed by atoms with Crippen molar-refractivity contribution in [3.63, 3.8) is 0 Å². The number of carbonyl (C=O) groups is 1. The summed E-state index contributed by atoms with van der Waals surface area (Å²) in [4.78, 5) is 12.8. The molecule has 0 aliphatic heterocycles. The number of hydrogen-bond acceptors (Lipinski definition) is 3. The second-order valence-corrected chi connectivity index (χ2v) is 5.44. The number of hydrogen-bond donors (Lipinski definition) is 2. The van der Waals surface area contributed by atoms with Gasteiger partial charge < -0.3 is 10.4 Å². The molecule has 1 amide bonds. The lowest BCUT2D eigenvalue weighted by atomic mass is 10.1. The summed E-state index contributed by atoms with van der Waals surface area (Å²) >= 11 is 1.62. The van der Waals surface area contributed by atoms with Gasteiger partial charge in [-0.1, -0.05) is 24.3 Å². The Morgan fingerprint density at radius 2 is 2.15 bits per heavy atom. The van der Waals surface area contributed by atoms with Crippen LogP contribution in [-0.4, -0.2) is 11.0 Å². The first-order valence-corrected chi connectivity index (χ1v) is 7.25. The van der Waals surface area contributed by atoms with Gasteiger partial charge in [0.1, 0.15) is 0 Å². The summed E-state index contributed by atoms with van der Waals surface area (Å²) in [5.41, 5.74) is 3.00. The van der Waals surface area contributed by atoms with Gasteiger partial charge in [-0.25, -0.2) is 0 Å². The summed E-state index contributed by atoms with van der Waals surface area (Å²) in [5, 5.41) is 13.9. The molecule has 20 heavy (non-hydrogen) atoms. The SMILES string of the molecule is Cc1ccsc1C=CC(=O)NCc1cccc(CO)c1. The fourth-order valence-corrected chi connectivity index (χ4v) is 2.61. The third-order valence-corrected chi connectivity index (χ3v) is 3.91. The Bertz CT molecular complexity index is 616. The van der Waals surface area contributed by atoms with Gasteiger partial charge in [0.15, 0.2) is 0 Å². The Kier molecular flexibility index (Phi) is 5.09. The molecule has 0 bridgehead atoms. The lowest BCUT2D eigenvalue weighted by Gasteiger charge is -2.04. The average molecular weight is 287 g/mol. The van der Waals surface area contributed by atoms with E-state index < -0.39 is 0 Å². The van der Waals surface area contributed by atoms with Gasteiger partial charge in [-0.3, -0.25) is 4.79 Å². The summed E-state index contributed by atoms with van der Waals surface area (Å²) < 4.78 is 0. The third-order valence-electron chi connectivity index (χ3n) is 2.93. The van der Waals surface area contributed by atoms with E-state index in [-0.39, 0.29) is 12.5 Å². The van der Waals surface area contributed by atoms with Crippen molar-refractivity contribution in [2.45, 2.75) is 20.1 Å². The maximum atomic E-state index is 11.7. The smallest absolute Gasteiger partial charge is 0.244 e. The van der Waals surface area contributed by atoms with Crippen LogP contribution >= 0.6 is 11.3 Å². The molecule has 0 fully saturated rings. The van der Waals surface area contributed by atoms with E-state index in [0.29, 0.717) is 6.54 Å². The van der Waals surface area contributed by atoms with Gasteiger partial charge in [0, 0.05) is 17.5 Å². The van der Waals surface area contributed by atoms with Crippen LogP contribution in [0.15, 0.2) is 41.8 Å². The number of aryl methyl sites for hydroxylation is 1. The number of amides is 1. The van der Waals surface area contributed by atoms with Crippen molar-refractivity contribution in [2.75, 3.05) is 0 Å². The Balaban J connectivity index is 1.89. The van der Waals surface area contributed by atoms with E-state index in [1.807, 2.05) is 48.7 Å². The fourth-order valence-electron chi connectivity index (χ4n) is 1.79. The molecular weight excluding hydrogens is 270 g/mol. The van der Waals surface area contributed by atoms with Gasteiger partial charge in [-0.05, 0) is 41.1 Å². The molecule has 1 aromatic carbocycles. The zero-order chi connectivity index (χ0) is 14.4. The number of carbonyl (C=O) groups excluding carboxylic acids is 1. The van der Waals surface area contributed by atoms with E-state index in [1.54, 1.807) is 17.4 Å². The Morgan fingerprint density at radius 1 is 1.35 bits per heavy atom. The van der Waals surface area contributed by atoms with Crippen LogP contribution < -0.4 is 5.32 Å². The van der Waals surface area contributed by atoms with Crippen LogP contribution in [0.3, 0.4) is 0 Å². The molecule has 0 atom stereocenters. The second kappa shape index (κ2) is 7.03. The van der Waals surface area contributed by atoms with Gasteiger partial charge >= 0.3 is 0 Å². The number of aliphatic hydroxyl groups is 1. The first kappa shape index (κ1) is 14.5. The third kappa shape index (κ3) is 4.05. The molecule has 2 N–H and O–H groups in total. The summed E-state index contributed by atoms with van der Waals surface area (Å²) in [5.74, 6) is -0.118. The van der Waals surface area contributed by atoms with Crippen molar-refractivity contribution >= 4 is 23.3 Å². The van der Waals surface area contributed by atoms with E-state index in [2.05, 4.69) is 5.32 Å². The molecule has 0 radical (unpaired) electrons. The Hall–Kier alpha value is -1.91. The van der Waals surface area contributed by atoms with Crippen LogP contribution in [-0.2, 0) is 17.9 Å². The molecule has 1 heterocycles. The van der Waals surface area contributed by atoms with Crippen molar-refractivity contribution in [1.82, 2.24) is 5.32 Å². The maximum absolute atomic E-state index is 11.7. The molecule has 4 heteroatoms. The summed E-state index contributed by atoms with van der Waals surface area (Å²) in [6.45, 7) is 2.49. The quantitative estimate of drug-likeness (QED) is 0.831. The van der Waals surface area contributed by atoms with Crippen LogP contribution in [0.1, 0.15) is 21.6 Å². The monoisotopic (exact) mass is 287 g/mol. The zero-order valence-corrected chi connectivity index (χ0v) is 12.1. The van der Waals surface area contributed by atoms with Crippen LogP contribution in [0, 0.1) is 6.92 Å². The Morgan fingerprint density at radius 3 is 2.85 bits per heavy atom. The van der Waals surface area contributed by atoms with E-state index in [9.17, 15) is 4.79 Å². The minimum atomic E-state index is -0.118. The minimum Gasteiger partial charge on any atom is -0.392 e. The predicted octanol–water partition coefficient (Wildman–Crippen LogP) is 2.88. The molecule has 0 saturated heterocycles. The van der Waals surface area contributed by atoms with Crippen LogP contribution in [0.2, 0.25) is 0 Å². The molecule has 2 rings (SSSR count). The molecule has 1 aromatic heterocycles. The van der Waals surface area contributed by atoms with Crippen molar-refractivity contribution in [1.29, 1.82) is 0 Å². The van der Waals surface area contributed by atoms with E-state index in [4.69, 9.17) is 5.11 Å². The molecular formula is C16H17NO2S. The number of rotatable bonds is 5. The molecule has 3 nitrogen and oxygen atoms in total. The largest absolute Gasteiger partial charge is 0.392 e. The van der Waals surface area contributed by atoms with Gasteiger partial charge in [-0.15, -0.1) is 11.3 Å². The van der Waals surface area contributed by atoms with E-state index >= 15 is 0 Å². The number of aliphatic hydroxyl groups excluding tert-OH is 1. The summed E-state index contributed by atoms with van der Waals surface area (Å²) in [6, 6.07) is 9.56. The average Bonchev–Trinajstić information content (AvgIpc) is 2.88. The second-order valence-electron chi connectivity index (χ2n) is 4.50. The summed E-state index contributed by atoms with van der Waals surface area (Å²) in [6.07, 6.45) is 3.38. The van der Waals surface area contributed by atoms with Crippen molar-refractivity contribution < 1.29 is 9.90 Å². The molecule has 0 saturated carbocycles. The first-order valence-electron chi connectivity index (χ1n) is 6.37. The van der Waals surface area contributed by atoms with Gasteiger partial charge in [-0.2, -0.15) is 0 Å². The summed E-state index contributed by atoms with van der Waals surface area (Å²) in [7, 11) is 0. The van der Waals surface area contributed by atoms with Crippen LogP contribution in [0.25, 0.3) is 6.08 Å². The van der Waals surface area contributed by atoms with E-state index in [1.165, 1.54) is 5.56 Å². The molecule has 0 unspecified atom stereocenters. The van der Waals surface area contributed by atoms with E-state index in [0.717, 1.165) is 16.0 Å². The highest BCUT2D eigenvalue weighted by molar-refractivity contribution is 7.11. The Labute approximate surface area is 122 Å². The highest BCUT2D eigenvalue weighted by Crippen LogP contribution is 2.16. The van der Waals surface area contributed by atoms with Crippen LogP contribution in [0.4, 0.5) is 0 Å². The number of nitrogens with one attached hydrogen (secondary N) is 1.